The monoisotopic (exact) mass is 283 g/mol. The van der Waals surface area contributed by atoms with Crippen molar-refractivity contribution in [3.8, 4) is 5.88 Å². The van der Waals surface area contributed by atoms with Crippen molar-refractivity contribution in [1.82, 2.24) is 15.2 Å². The number of rotatable bonds is 4. The molecule has 6 heteroatoms. The Balaban J connectivity index is 1.83. The van der Waals surface area contributed by atoms with Gasteiger partial charge in [-0.1, -0.05) is 6.07 Å². The molecule has 0 spiro atoms. The molecular formula is C13H18ClN3O2. The molecule has 0 aliphatic carbocycles. The van der Waals surface area contributed by atoms with Crippen LogP contribution < -0.4 is 10.1 Å². The number of ether oxygens (including phenoxy) is 1. The number of nitrogens with one attached hydrogen (secondary N) is 1. The number of hydrogen-bond donors (Lipinski definition) is 1. The van der Waals surface area contributed by atoms with E-state index in [0.717, 1.165) is 12.1 Å². The van der Waals surface area contributed by atoms with E-state index in [4.69, 9.17) is 16.3 Å². The maximum atomic E-state index is 11.7. The van der Waals surface area contributed by atoms with Crippen LogP contribution in [0.2, 0.25) is 0 Å². The van der Waals surface area contributed by atoms with Gasteiger partial charge in [0, 0.05) is 37.2 Å². The van der Waals surface area contributed by atoms with E-state index in [-0.39, 0.29) is 12.1 Å². The number of hydrogen-bond acceptors (Lipinski definition) is 3. The number of amides is 2. The Morgan fingerprint density at radius 3 is 3.21 bits per heavy atom. The minimum atomic E-state index is -0.0797. The smallest absolute Gasteiger partial charge is 0.317 e. The van der Waals surface area contributed by atoms with Crippen LogP contribution in [0, 0.1) is 6.92 Å². The van der Waals surface area contributed by atoms with E-state index in [1.165, 1.54) is 0 Å². The molecule has 0 bridgehead atoms. The van der Waals surface area contributed by atoms with Gasteiger partial charge in [0.1, 0.15) is 6.10 Å². The van der Waals surface area contributed by atoms with Gasteiger partial charge in [-0.15, -0.1) is 11.6 Å². The molecule has 1 unspecified atom stereocenters. The lowest BCUT2D eigenvalue weighted by Crippen LogP contribution is -2.40. The highest BCUT2D eigenvalue weighted by Gasteiger charge is 2.27. The summed E-state index contributed by atoms with van der Waals surface area (Å²) in [7, 11) is 0. The summed E-state index contributed by atoms with van der Waals surface area (Å²) in [6.45, 7) is 3.70. The van der Waals surface area contributed by atoms with Gasteiger partial charge in [0.25, 0.3) is 0 Å². The van der Waals surface area contributed by atoms with Gasteiger partial charge in [0.2, 0.25) is 5.88 Å². The number of carbonyl (C=O) groups is 1. The molecule has 1 fully saturated rings. The van der Waals surface area contributed by atoms with Gasteiger partial charge in [-0.05, 0) is 13.0 Å². The summed E-state index contributed by atoms with van der Waals surface area (Å²) in [4.78, 5) is 17.8. The minimum absolute atomic E-state index is 0.0102. The zero-order chi connectivity index (χ0) is 13.7. The van der Waals surface area contributed by atoms with Crippen molar-refractivity contribution in [2.24, 2.45) is 0 Å². The van der Waals surface area contributed by atoms with Crippen molar-refractivity contribution >= 4 is 17.6 Å². The summed E-state index contributed by atoms with van der Waals surface area (Å²) in [6.07, 6.45) is 0.834. The van der Waals surface area contributed by atoms with E-state index < -0.39 is 0 Å². The molecule has 2 rings (SSSR count). The standard InChI is InChI=1S/C13H18ClN3O2/c1-10-3-2-4-12(16-10)19-11-5-8-17(9-11)13(18)15-7-6-14/h2-4,11H,5-9H2,1H3,(H,15,18). The second-order valence-corrected chi connectivity index (χ2v) is 4.89. The van der Waals surface area contributed by atoms with Gasteiger partial charge < -0.3 is 15.0 Å². The normalized spacial score (nSPS) is 18.4. The van der Waals surface area contributed by atoms with Crippen LogP contribution in [0.1, 0.15) is 12.1 Å². The summed E-state index contributed by atoms with van der Waals surface area (Å²) in [5.41, 5.74) is 0.923. The molecule has 0 radical (unpaired) electrons. The summed E-state index contributed by atoms with van der Waals surface area (Å²) in [5, 5.41) is 2.75. The van der Waals surface area contributed by atoms with Crippen molar-refractivity contribution < 1.29 is 9.53 Å². The summed E-state index contributed by atoms with van der Waals surface area (Å²) < 4.78 is 5.78. The van der Waals surface area contributed by atoms with Crippen LogP contribution in [0.3, 0.4) is 0 Å². The van der Waals surface area contributed by atoms with E-state index in [1.54, 1.807) is 4.90 Å². The number of nitrogens with zero attached hydrogens (tertiary/aromatic N) is 2. The topological polar surface area (TPSA) is 54.5 Å². The third-order valence-electron chi connectivity index (χ3n) is 2.95. The Hall–Kier alpha value is -1.49. The van der Waals surface area contributed by atoms with E-state index in [9.17, 15) is 4.79 Å². The van der Waals surface area contributed by atoms with Crippen LogP contribution in [-0.2, 0) is 0 Å². The molecule has 19 heavy (non-hydrogen) atoms. The Morgan fingerprint density at radius 1 is 1.63 bits per heavy atom. The Labute approximate surface area is 117 Å². The number of pyridine rings is 1. The summed E-state index contributed by atoms with van der Waals surface area (Å²) in [6, 6.07) is 5.60. The highest BCUT2D eigenvalue weighted by molar-refractivity contribution is 6.18. The first-order valence-electron chi connectivity index (χ1n) is 6.38. The highest BCUT2D eigenvalue weighted by atomic mass is 35.5. The fourth-order valence-corrected chi connectivity index (χ4v) is 2.12. The molecule has 2 heterocycles. The first-order chi connectivity index (χ1) is 9.19. The van der Waals surface area contributed by atoms with Crippen molar-refractivity contribution in [3.05, 3.63) is 23.9 Å². The molecule has 104 valence electrons. The van der Waals surface area contributed by atoms with Gasteiger partial charge in [-0.3, -0.25) is 0 Å². The number of carbonyl (C=O) groups excluding carboxylic acids is 1. The fraction of sp³-hybridized carbons (Fsp3) is 0.538. The minimum Gasteiger partial charge on any atom is -0.472 e. The maximum absolute atomic E-state index is 11.7. The van der Waals surface area contributed by atoms with Crippen molar-refractivity contribution in [2.45, 2.75) is 19.4 Å². The van der Waals surface area contributed by atoms with E-state index in [0.29, 0.717) is 31.4 Å². The predicted molar refractivity (Wildman–Crippen MR) is 73.7 cm³/mol. The zero-order valence-corrected chi connectivity index (χ0v) is 11.7. The molecule has 1 aliphatic rings. The van der Waals surface area contributed by atoms with E-state index in [1.807, 2.05) is 25.1 Å². The zero-order valence-electron chi connectivity index (χ0n) is 10.9. The van der Waals surface area contributed by atoms with Gasteiger partial charge in [0.05, 0.1) is 6.54 Å². The van der Waals surface area contributed by atoms with Gasteiger partial charge in [-0.25, -0.2) is 9.78 Å². The summed E-state index contributed by atoms with van der Waals surface area (Å²) >= 11 is 5.54. The molecule has 1 N–H and O–H groups in total. The van der Waals surface area contributed by atoms with Crippen LogP contribution in [-0.4, -0.2) is 47.5 Å². The van der Waals surface area contributed by atoms with E-state index >= 15 is 0 Å². The quantitative estimate of drug-likeness (QED) is 0.857. The first-order valence-corrected chi connectivity index (χ1v) is 6.91. The van der Waals surface area contributed by atoms with Crippen molar-refractivity contribution in [2.75, 3.05) is 25.5 Å². The fourth-order valence-electron chi connectivity index (χ4n) is 2.03. The van der Waals surface area contributed by atoms with Crippen molar-refractivity contribution in [1.29, 1.82) is 0 Å². The average molecular weight is 284 g/mol. The molecule has 5 nitrogen and oxygen atoms in total. The van der Waals surface area contributed by atoms with Crippen molar-refractivity contribution in [3.63, 3.8) is 0 Å². The molecule has 1 atom stereocenters. The third kappa shape index (κ3) is 3.99. The predicted octanol–water partition coefficient (Wildman–Crippen LogP) is 1.79. The average Bonchev–Trinajstić information content (AvgIpc) is 2.84. The number of likely N-dealkylation sites (tertiary alicyclic amines) is 1. The number of alkyl halides is 1. The molecule has 1 aromatic heterocycles. The molecule has 1 aliphatic heterocycles. The highest BCUT2D eigenvalue weighted by Crippen LogP contribution is 2.16. The molecule has 1 saturated heterocycles. The van der Waals surface area contributed by atoms with Crippen LogP contribution in [0.4, 0.5) is 4.79 Å². The lowest BCUT2D eigenvalue weighted by Gasteiger charge is -2.17. The first kappa shape index (κ1) is 13.9. The molecule has 0 saturated carbocycles. The van der Waals surface area contributed by atoms with Gasteiger partial charge in [0.15, 0.2) is 0 Å². The number of aromatic nitrogens is 1. The molecule has 0 aromatic carbocycles. The van der Waals surface area contributed by atoms with Gasteiger partial charge in [-0.2, -0.15) is 0 Å². The second-order valence-electron chi connectivity index (χ2n) is 4.51. The molecular weight excluding hydrogens is 266 g/mol. The lowest BCUT2D eigenvalue weighted by molar-refractivity contribution is 0.183. The lowest BCUT2D eigenvalue weighted by atomic mass is 10.3. The number of urea groups is 1. The molecule has 1 aromatic rings. The van der Waals surface area contributed by atoms with Crippen LogP contribution in [0.25, 0.3) is 0 Å². The van der Waals surface area contributed by atoms with Crippen LogP contribution >= 0.6 is 11.6 Å². The van der Waals surface area contributed by atoms with E-state index in [2.05, 4.69) is 10.3 Å². The second kappa shape index (κ2) is 6.61. The van der Waals surface area contributed by atoms with Crippen LogP contribution in [0.15, 0.2) is 18.2 Å². The maximum Gasteiger partial charge on any atom is 0.317 e. The Bertz CT molecular complexity index is 442. The van der Waals surface area contributed by atoms with Gasteiger partial charge >= 0.3 is 6.03 Å². The van der Waals surface area contributed by atoms with Crippen LogP contribution in [0.5, 0.6) is 5.88 Å². The third-order valence-corrected chi connectivity index (χ3v) is 3.14. The Kier molecular flexibility index (Phi) is 4.85. The number of halogens is 1. The molecule has 2 amide bonds. The largest absolute Gasteiger partial charge is 0.472 e. The SMILES string of the molecule is Cc1cccc(OC2CCN(C(=O)NCCCl)C2)n1. The summed E-state index contributed by atoms with van der Waals surface area (Å²) in [5.74, 6) is 1.04. The number of aryl methyl sites for hydroxylation is 1. The Morgan fingerprint density at radius 2 is 2.47 bits per heavy atom.